The molecule has 0 spiro atoms. The van der Waals surface area contributed by atoms with Gasteiger partial charge in [-0.2, -0.15) is 0 Å². The lowest BCUT2D eigenvalue weighted by Gasteiger charge is -2.01. The van der Waals surface area contributed by atoms with E-state index in [9.17, 15) is 19.8 Å². The highest BCUT2D eigenvalue weighted by Gasteiger charge is 2.17. The van der Waals surface area contributed by atoms with Crippen molar-refractivity contribution in [3.8, 4) is 11.8 Å². The molecule has 0 fully saturated rings. The van der Waals surface area contributed by atoms with Crippen molar-refractivity contribution >= 4 is 45.0 Å². The molecular weight excluding hydrogens is 484 g/mol. The lowest BCUT2D eigenvalue weighted by molar-refractivity contribution is -0.120. The second-order valence-corrected chi connectivity index (χ2v) is 8.57. The summed E-state index contributed by atoms with van der Waals surface area (Å²) in [7, 11) is 0. The van der Waals surface area contributed by atoms with Gasteiger partial charge in [0, 0.05) is 36.7 Å². The number of hydrogen-bond donors (Lipinski definition) is 2. The molecule has 0 aliphatic heterocycles. The van der Waals surface area contributed by atoms with Crippen LogP contribution in [0.2, 0.25) is 0 Å². The van der Waals surface area contributed by atoms with Crippen molar-refractivity contribution in [1.29, 1.82) is 0 Å². The predicted octanol–water partition coefficient (Wildman–Crippen LogP) is 6.86. The van der Waals surface area contributed by atoms with E-state index >= 15 is 0 Å². The van der Waals surface area contributed by atoms with Gasteiger partial charge in [-0.15, -0.1) is 33.6 Å². The van der Waals surface area contributed by atoms with E-state index in [4.69, 9.17) is 0 Å². The molecule has 38 heavy (non-hydrogen) atoms. The third-order valence-electron chi connectivity index (χ3n) is 6.01. The van der Waals surface area contributed by atoms with Crippen LogP contribution in [0.15, 0.2) is 94.3 Å². The number of hydrogen-bond acceptors (Lipinski definition) is 6. The molecule has 4 aromatic rings. The van der Waals surface area contributed by atoms with Gasteiger partial charge in [-0.25, -0.2) is 0 Å². The molecule has 0 atom stereocenters. The van der Waals surface area contributed by atoms with Crippen molar-refractivity contribution in [2.24, 2.45) is 20.5 Å². The standard InChI is InChI=1S/C28H28N6O4/c1-3-17-33-21-13-7-5-11-19(21)25(27(33)37)31-29-23(35)15-9-10-16-24(36)30-32-26-20-12-6-8-14-22(20)34(18-4-2)28(26)38/h3-8,11-14,37-38H,1-2,9-10,15-18H2. The van der Waals surface area contributed by atoms with E-state index in [1.807, 2.05) is 36.4 Å². The van der Waals surface area contributed by atoms with Crippen LogP contribution in [0.1, 0.15) is 25.7 Å². The summed E-state index contributed by atoms with van der Waals surface area (Å²) >= 11 is 0. The maximum atomic E-state index is 12.2. The average molecular weight is 513 g/mol. The molecule has 0 aliphatic carbocycles. The van der Waals surface area contributed by atoms with Gasteiger partial charge in [0.05, 0.1) is 11.0 Å². The van der Waals surface area contributed by atoms with Crippen molar-refractivity contribution in [2.75, 3.05) is 0 Å². The Bertz CT molecular complexity index is 1460. The largest absolute Gasteiger partial charge is 0.493 e. The first-order chi connectivity index (χ1) is 18.5. The minimum Gasteiger partial charge on any atom is -0.493 e. The van der Waals surface area contributed by atoms with Gasteiger partial charge >= 0.3 is 0 Å². The van der Waals surface area contributed by atoms with E-state index in [0.29, 0.717) is 36.7 Å². The Morgan fingerprint density at radius 3 is 1.50 bits per heavy atom. The minimum absolute atomic E-state index is 0.0859. The number of nitrogens with zero attached hydrogens (tertiary/aromatic N) is 6. The number of rotatable bonds is 11. The molecule has 10 nitrogen and oxygen atoms in total. The molecule has 2 amide bonds. The van der Waals surface area contributed by atoms with E-state index in [-0.39, 0.29) is 36.0 Å². The topological polar surface area (TPSA) is 134 Å². The smallest absolute Gasteiger partial charge is 0.264 e. The van der Waals surface area contributed by atoms with Crippen molar-refractivity contribution in [2.45, 2.75) is 38.8 Å². The molecule has 2 heterocycles. The Balaban J connectivity index is 1.32. The molecular formula is C28H28N6O4. The molecule has 4 rings (SSSR count). The van der Waals surface area contributed by atoms with Crippen LogP contribution >= 0.6 is 0 Å². The monoisotopic (exact) mass is 512 g/mol. The first kappa shape index (κ1) is 26.2. The second kappa shape index (κ2) is 11.9. The van der Waals surface area contributed by atoms with Gasteiger partial charge in [-0.1, -0.05) is 48.6 Å². The van der Waals surface area contributed by atoms with Crippen molar-refractivity contribution in [3.63, 3.8) is 0 Å². The molecule has 0 radical (unpaired) electrons. The van der Waals surface area contributed by atoms with E-state index in [2.05, 4.69) is 33.6 Å². The van der Waals surface area contributed by atoms with Crippen molar-refractivity contribution < 1.29 is 19.8 Å². The summed E-state index contributed by atoms with van der Waals surface area (Å²) in [6.07, 6.45) is 4.32. The molecule has 0 saturated heterocycles. The van der Waals surface area contributed by atoms with Crippen molar-refractivity contribution in [3.05, 3.63) is 73.8 Å². The van der Waals surface area contributed by atoms with Crippen LogP contribution in [0.5, 0.6) is 11.8 Å². The van der Waals surface area contributed by atoms with Gasteiger partial charge in [0.15, 0.2) is 11.4 Å². The van der Waals surface area contributed by atoms with Gasteiger partial charge in [0.2, 0.25) is 11.8 Å². The van der Waals surface area contributed by atoms with E-state index in [0.717, 1.165) is 11.0 Å². The minimum atomic E-state index is -0.459. The summed E-state index contributed by atoms with van der Waals surface area (Å²) in [6, 6.07) is 14.6. The number of aromatic hydroxyl groups is 2. The SMILES string of the molecule is C=CCn1c(O)c(N=NC(=O)CCCCC(=O)N=Nc2c(O)n(CC=C)c3ccccc23)c2ccccc21. The number of carbonyl (C=O) groups excluding carboxylic acids is 2. The Kier molecular flexibility index (Phi) is 8.22. The summed E-state index contributed by atoms with van der Waals surface area (Å²) in [6.45, 7) is 8.17. The van der Waals surface area contributed by atoms with Gasteiger partial charge in [-0.05, 0) is 25.0 Å². The average Bonchev–Trinajstić information content (AvgIpc) is 3.34. The fourth-order valence-corrected chi connectivity index (χ4v) is 4.23. The second-order valence-electron chi connectivity index (χ2n) is 8.57. The van der Waals surface area contributed by atoms with E-state index in [1.165, 1.54) is 0 Å². The van der Waals surface area contributed by atoms with Crippen LogP contribution < -0.4 is 0 Å². The fraction of sp³-hybridized carbons (Fsp3) is 0.214. The number of fused-ring (bicyclic) bond motifs is 2. The molecule has 10 heteroatoms. The number of carbonyl (C=O) groups is 2. The van der Waals surface area contributed by atoms with Gasteiger partial charge in [-0.3, -0.25) is 9.59 Å². The number of benzene rings is 2. The first-order valence-corrected chi connectivity index (χ1v) is 12.2. The quantitative estimate of drug-likeness (QED) is 0.129. The Morgan fingerprint density at radius 1 is 0.711 bits per heavy atom. The molecule has 0 unspecified atom stereocenters. The lowest BCUT2D eigenvalue weighted by Crippen LogP contribution is -1.95. The number of para-hydroxylation sites is 2. The molecule has 2 aromatic carbocycles. The third kappa shape index (κ3) is 5.44. The molecule has 2 N–H and O–H groups in total. The maximum absolute atomic E-state index is 12.2. The van der Waals surface area contributed by atoms with Gasteiger partial charge in [0.1, 0.15) is 0 Å². The van der Waals surface area contributed by atoms with Crippen LogP contribution in [-0.4, -0.2) is 31.2 Å². The maximum Gasteiger partial charge on any atom is 0.264 e. The van der Waals surface area contributed by atoms with Crippen LogP contribution in [-0.2, 0) is 22.7 Å². The first-order valence-electron chi connectivity index (χ1n) is 12.2. The number of amides is 2. The van der Waals surface area contributed by atoms with Crippen LogP contribution in [0.25, 0.3) is 21.8 Å². The van der Waals surface area contributed by atoms with Crippen LogP contribution in [0.4, 0.5) is 11.4 Å². The molecule has 0 saturated carbocycles. The zero-order valence-electron chi connectivity index (χ0n) is 20.8. The Hall–Kier alpha value is -4.86. The summed E-state index contributed by atoms with van der Waals surface area (Å²) in [5.41, 5.74) is 1.98. The van der Waals surface area contributed by atoms with Crippen LogP contribution in [0, 0.1) is 0 Å². The Morgan fingerprint density at radius 2 is 1.11 bits per heavy atom. The predicted molar refractivity (Wildman–Crippen MR) is 145 cm³/mol. The fourth-order valence-electron chi connectivity index (χ4n) is 4.23. The molecule has 0 aliphatic rings. The number of unbranched alkanes of at least 4 members (excludes halogenated alkanes) is 1. The number of aromatic nitrogens is 2. The zero-order valence-corrected chi connectivity index (χ0v) is 20.8. The lowest BCUT2D eigenvalue weighted by atomic mass is 10.2. The number of allylic oxidation sites excluding steroid dienone is 2. The molecule has 194 valence electrons. The highest BCUT2D eigenvalue weighted by atomic mass is 16.3. The summed E-state index contributed by atoms with van der Waals surface area (Å²) < 4.78 is 3.27. The van der Waals surface area contributed by atoms with Gasteiger partial charge < -0.3 is 19.3 Å². The highest BCUT2D eigenvalue weighted by molar-refractivity contribution is 5.96. The Labute approximate surface area is 218 Å². The van der Waals surface area contributed by atoms with Crippen molar-refractivity contribution in [1.82, 2.24) is 9.13 Å². The summed E-state index contributed by atoms with van der Waals surface area (Å²) in [5.74, 6) is -1.09. The summed E-state index contributed by atoms with van der Waals surface area (Å²) in [5, 5.41) is 37.9. The van der Waals surface area contributed by atoms with Gasteiger partial charge in [0.25, 0.3) is 11.8 Å². The van der Waals surface area contributed by atoms with E-state index < -0.39 is 11.8 Å². The normalized spacial score (nSPS) is 11.7. The number of azo groups is 2. The molecule has 2 aromatic heterocycles. The zero-order chi connectivity index (χ0) is 27.1. The third-order valence-corrected chi connectivity index (χ3v) is 6.01. The highest BCUT2D eigenvalue weighted by Crippen LogP contribution is 2.39. The van der Waals surface area contributed by atoms with Crippen LogP contribution in [0.3, 0.4) is 0 Å². The summed E-state index contributed by atoms with van der Waals surface area (Å²) in [4.78, 5) is 24.5. The molecule has 0 bridgehead atoms. The van der Waals surface area contributed by atoms with E-state index in [1.54, 1.807) is 33.4 Å².